The van der Waals surface area contributed by atoms with Crippen LogP contribution in [0.4, 0.5) is 5.69 Å². The van der Waals surface area contributed by atoms with Gasteiger partial charge < -0.3 is 11.1 Å². The molecule has 0 bridgehead atoms. The van der Waals surface area contributed by atoms with E-state index in [1.165, 1.54) is 25.7 Å². The molecule has 0 saturated heterocycles. The summed E-state index contributed by atoms with van der Waals surface area (Å²) >= 11 is 0. The normalized spacial score (nSPS) is 21.2. The van der Waals surface area contributed by atoms with Crippen molar-refractivity contribution < 1.29 is 4.79 Å². The van der Waals surface area contributed by atoms with E-state index in [9.17, 15) is 4.79 Å². The van der Waals surface area contributed by atoms with Crippen molar-refractivity contribution >= 4 is 11.6 Å². The molecular formula is C12H18N4O. The number of aromatic nitrogens is 2. The molecule has 5 nitrogen and oxygen atoms in total. The van der Waals surface area contributed by atoms with Crippen LogP contribution in [0.15, 0.2) is 0 Å². The minimum atomic E-state index is -0.154. The van der Waals surface area contributed by atoms with Crippen molar-refractivity contribution in [2.24, 2.45) is 11.3 Å². The predicted molar refractivity (Wildman–Crippen MR) is 64.5 cm³/mol. The average molecular weight is 234 g/mol. The third kappa shape index (κ3) is 1.79. The van der Waals surface area contributed by atoms with Crippen molar-refractivity contribution in [2.75, 3.05) is 12.3 Å². The average Bonchev–Trinajstić information content (AvgIpc) is 3.18. The summed E-state index contributed by atoms with van der Waals surface area (Å²) in [5, 5.41) is 9.64. The molecule has 0 aromatic carbocycles. The number of aromatic amines is 1. The van der Waals surface area contributed by atoms with Gasteiger partial charge in [0.25, 0.3) is 5.91 Å². The highest BCUT2D eigenvalue weighted by Gasteiger charge is 2.53. The van der Waals surface area contributed by atoms with Gasteiger partial charge in [-0.3, -0.25) is 9.89 Å². The maximum Gasteiger partial charge on any atom is 0.273 e. The Morgan fingerprint density at radius 1 is 1.59 bits per heavy atom. The molecule has 4 N–H and O–H groups in total. The quantitative estimate of drug-likeness (QED) is 0.732. The highest BCUT2D eigenvalue weighted by atomic mass is 16.1. The topological polar surface area (TPSA) is 83.8 Å². The molecule has 3 rings (SSSR count). The van der Waals surface area contributed by atoms with E-state index in [-0.39, 0.29) is 5.91 Å². The predicted octanol–water partition coefficient (Wildman–Crippen LogP) is 1.22. The van der Waals surface area contributed by atoms with E-state index < -0.39 is 0 Å². The number of hydrogen-bond donors (Lipinski definition) is 3. The summed E-state index contributed by atoms with van der Waals surface area (Å²) in [6, 6.07) is 0. The van der Waals surface area contributed by atoms with Crippen molar-refractivity contribution in [3.8, 4) is 0 Å². The number of nitrogens with zero attached hydrogens (tertiary/aromatic N) is 1. The van der Waals surface area contributed by atoms with Crippen LogP contribution in [0.1, 0.15) is 41.9 Å². The smallest absolute Gasteiger partial charge is 0.273 e. The molecule has 1 aromatic heterocycles. The Morgan fingerprint density at radius 3 is 2.76 bits per heavy atom. The summed E-state index contributed by atoms with van der Waals surface area (Å²) in [6.45, 7) is 2.59. The molecule has 1 amide bonds. The van der Waals surface area contributed by atoms with Gasteiger partial charge in [-0.25, -0.2) is 0 Å². The van der Waals surface area contributed by atoms with E-state index in [0.717, 1.165) is 18.2 Å². The Bertz CT molecular complexity index is 457. The van der Waals surface area contributed by atoms with Gasteiger partial charge in [0.1, 0.15) is 0 Å². The van der Waals surface area contributed by atoms with Crippen LogP contribution in [0.5, 0.6) is 0 Å². The first kappa shape index (κ1) is 10.6. The Balaban J connectivity index is 1.62. The molecule has 2 aliphatic rings. The third-order valence-electron chi connectivity index (χ3n) is 4.15. The zero-order chi connectivity index (χ0) is 12.0. The fraction of sp³-hybridized carbons (Fsp3) is 0.667. The fourth-order valence-corrected chi connectivity index (χ4v) is 2.54. The number of carbonyl (C=O) groups excluding carboxylic acids is 1. The molecule has 0 aliphatic heterocycles. The maximum atomic E-state index is 11.9. The van der Waals surface area contributed by atoms with E-state index in [4.69, 9.17) is 5.73 Å². The van der Waals surface area contributed by atoms with Crippen LogP contribution in [0.3, 0.4) is 0 Å². The van der Waals surface area contributed by atoms with Gasteiger partial charge in [-0.15, -0.1) is 0 Å². The molecule has 0 unspecified atom stereocenters. The standard InChI is InChI=1S/C12H18N4O/c1-7-9(13)10(16-15-7)11(17)14-6-12(4-5-12)8-2-3-8/h8H,2-6,13H2,1H3,(H,14,17)(H,15,16). The highest BCUT2D eigenvalue weighted by molar-refractivity contribution is 5.97. The Kier molecular flexibility index (Phi) is 2.18. The number of anilines is 1. The number of aryl methyl sites for hydroxylation is 1. The lowest BCUT2D eigenvalue weighted by Crippen LogP contribution is -2.31. The Labute approximate surface area is 100 Å². The third-order valence-corrected chi connectivity index (χ3v) is 4.15. The second kappa shape index (κ2) is 3.48. The van der Waals surface area contributed by atoms with Gasteiger partial charge in [0, 0.05) is 6.54 Å². The van der Waals surface area contributed by atoms with Crippen molar-refractivity contribution in [1.29, 1.82) is 0 Å². The number of hydrogen-bond acceptors (Lipinski definition) is 3. The van der Waals surface area contributed by atoms with E-state index in [1.54, 1.807) is 0 Å². The molecule has 2 saturated carbocycles. The number of H-pyrrole nitrogens is 1. The van der Waals surface area contributed by atoms with Crippen molar-refractivity contribution in [1.82, 2.24) is 15.5 Å². The van der Waals surface area contributed by atoms with Gasteiger partial charge >= 0.3 is 0 Å². The summed E-state index contributed by atoms with van der Waals surface area (Å²) in [5.74, 6) is 0.694. The Hall–Kier alpha value is -1.52. The van der Waals surface area contributed by atoms with Crippen LogP contribution in [0, 0.1) is 18.3 Å². The summed E-state index contributed by atoms with van der Waals surface area (Å²) in [7, 11) is 0. The molecule has 17 heavy (non-hydrogen) atoms. The molecule has 1 aromatic rings. The van der Waals surface area contributed by atoms with E-state index in [2.05, 4.69) is 15.5 Å². The largest absolute Gasteiger partial charge is 0.395 e. The first-order valence-corrected chi connectivity index (χ1v) is 6.21. The second-order valence-corrected chi connectivity index (χ2v) is 5.43. The van der Waals surface area contributed by atoms with Crippen LogP contribution in [0.2, 0.25) is 0 Å². The SMILES string of the molecule is Cc1[nH]nc(C(=O)NCC2(C3CC3)CC2)c1N. The van der Waals surface area contributed by atoms with Crippen LogP contribution in [-0.4, -0.2) is 22.6 Å². The molecule has 2 fully saturated rings. The second-order valence-electron chi connectivity index (χ2n) is 5.43. The molecule has 0 atom stereocenters. The number of carbonyl (C=O) groups is 1. The molecule has 0 spiro atoms. The molecular weight excluding hydrogens is 216 g/mol. The van der Waals surface area contributed by atoms with Gasteiger partial charge in [-0.1, -0.05) is 0 Å². The minimum absolute atomic E-state index is 0.154. The van der Waals surface area contributed by atoms with Crippen molar-refractivity contribution in [3.05, 3.63) is 11.4 Å². The Morgan fingerprint density at radius 2 is 2.29 bits per heavy atom. The van der Waals surface area contributed by atoms with Crippen LogP contribution >= 0.6 is 0 Å². The number of nitrogen functional groups attached to an aromatic ring is 1. The summed E-state index contributed by atoms with van der Waals surface area (Å²) in [4.78, 5) is 11.9. The molecule has 0 radical (unpaired) electrons. The van der Waals surface area contributed by atoms with Crippen LogP contribution in [0.25, 0.3) is 0 Å². The minimum Gasteiger partial charge on any atom is -0.395 e. The number of nitrogens with one attached hydrogen (secondary N) is 2. The maximum absolute atomic E-state index is 11.9. The van der Waals surface area contributed by atoms with E-state index in [0.29, 0.717) is 16.8 Å². The highest BCUT2D eigenvalue weighted by Crippen LogP contribution is 2.60. The summed E-state index contributed by atoms with van der Waals surface area (Å²) in [6.07, 6.45) is 5.18. The zero-order valence-corrected chi connectivity index (χ0v) is 10.0. The lowest BCUT2D eigenvalue weighted by molar-refractivity contribution is 0.0938. The van der Waals surface area contributed by atoms with Gasteiger partial charge in [-0.2, -0.15) is 5.10 Å². The van der Waals surface area contributed by atoms with Crippen LogP contribution in [-0.2, 0) is 0 Å². The van der Waals surface area contributed by atoms with Gasteiger partial charge in [0.15, 0.2) is 5.69 Å². The van der Waals surface area contributed by atoms with E-state index in [1.807, 2.05) is 6.92 Å². The zero-order valence-electron chi connectivity index (χ0n) is 10.0. The van der Waals surface area contributed by atoms with Gasteiger partial charge in [0.2, 0.25) is 0 Å². The van der Waals surface area contributed by atoms with Gasteiger partial charge in [0.05, 0.1) is 11.4 Å². The fourth-order valence-electron chi connectivity index (χ4n) is 2.54. The number of rotatable bonds is 4. The monoisotopic (exact) mass is 234 g/mol. The number of amides is 1. The lowest BCUT2D eigenvalue weighted by atomic mass is 10.0. The summed E-state index contributed by atoms with van der Waals surface area (Å²) < 4.78 is 0. The molecule has 1 heterocycles. The van der Waals surface area contributed by atoms with Gasteiger partial charge in [-0.05, 0) is 43.9 Å². The lowest BCUT2D eigenvalue weighted by Gasteiger charge is -2.14. The van der Waals surface area contributed by atoms with Crippen molar-refractivity contribution in [2.45, 2.75) is 32.6 Å². The summed E-state index contributed by atoms with van der Waals surface area (Å²) in [5.41, 5.74) is 7.72. The van der Waals surface area contributed by atoms with Crippen molar-refractivity contribution in [3.63, 3.8) is 0 Å². The first-order valence-electron chi connectivity index (χ1n) is 6.21. The first-order chi connectivity index (χ1) is 8.12. The molecule has 2 aliphatic carbocycles. The number of nitrogens with two attached hydrogens (primary N) is 1. The van der Waals surface area contributed by atoms with Crippen LogP contribution < -0.4 is 11.1 Å². The molecule has 5 heteroatoms. The van der Waals surface area contributed by atoms with E-state index >= 15 is 0 Å². The molecule has 92 valence electrons.